The van der Waals surface area contributed by atoms with E-state index in [1.54, 1.807) is 6.20 Å². The van der Waals surface area contributed by atoms with Crippen molar-refractivity contribution < 1.29 is 9.32 Å². The van der Waals surface area contributed by atoms with E-state index in [1.165, 1.54) is 0 Å². The van der Waals surface area contributed by atoms with E-state index in [-0.39, 0.29) is 5.91 Å². The molecule has 1 aliphatic rings. The van der Waals surface area contributed by atoms with Crippen LogP contribution in [-0.2, 0) is 11.2 Å². The largest absolute Gasteiger partial charge is 0.361 e. The Kier molecular flexibility index (Phi) is 3.30. The van der Waals surface area contributed by atoms with Crippen molar-refractivity contribution in [3.63, 3.8) is 0 Å². The molecule has 0 aromatic carbocycles. The standard InChI is InChI=1S/C14H18N4O2/c1-10-13(11(2)20-16-10)8-14(19)17-7-4-12(9-17)18-6-3-5-15-18/h3,5-6,12H,4,7-9H2,1-2H3. The molecule has 20 heavy (non-hydrogen) atoms. The second kappa shape index (κ2) is 5.11. The molecule has 1 aliphatic heterocycles. The third-order valence-corrected chi connectivity index (χ3v) is 3.92. The number of hydrogen-bond acceptors (Lipinski definition) is 4. The van der Waals surface area contributed by atoms with Crippen LogP contribution in [0.2, 0.25) is 0 Å². The second-order valence-corrected chi connectivity index (χ2v) is 5.25. The summed E-state index contributed by atoms with van der Waals surface area (Å²) in [5.74, 6) is 0.868. The second-order valence-electron chi connectivity index (χ2n) is 5.25. The molecule has 6 nitrogen and oxygen atoms in total. The van der Waals surface area contributed by atoms with Gasteiger partial charge in [-0.1, -0.05) is 5.16 Å². The maximum atomic E-state index is 12.4. The minimum Gasteiger partial charge on any atom is -0.361 e. The van der Waals surface area contributed by atoms with E-state index >= 15 is 0 Å². The van der Waals surface area contributed by atoms with Crippen molar-refractivity contribution in [3.8, 4) is 0 Å². The fourth-order valence-corrected chi connectivity index (χ4v) is 2.70. The number of amides is 1. The summed E-state index contributed by atoms with van der Waals surface area (Å²) in [5.41, 5.74) is 1.72. The number of aromatic nitrogens is 3. The molecule has 0 bridgehead atoms. The Bertz CT molecular complexity index is 583. The van der Waals surface area contributed by atoms with Gasteiger partial charge >= 0.3 is 0 Å². The summed E-state index contributed by atoms with van der Waals surface area (Å²) in [6, 6.07) is 2.20. The lowest BCUT2D eigenvalue weighted by molar-refractivity contribution is -0.129. The highest BCUT2D eigenvalue weighted by Crippen LogP contribution is 2.22. The van der Waals surface area contributed by atoms with Crippen LogP contribution in [0, 0.1) is 13.8 Å². The molecule has 1 atom stereocenters. The Morgan fingerprint density at radius 2 is 2.35 bits per heavy atom. The zero-order valence-electron chi connectivity index (χ0n) is 11.7. The summed E-state index contributed by atoms with van der Waals surface area (Å²) < 4.78 is 7.04. The number of rotatable bonds is 3. The maximum absolute atomic E-state index is 12.4. The predicted octanol–water partition coefficient (Wildman–Crippen LogP) is 1.50. The Morgan fingerprint density at radius 3 is 3.00 bits per heavy atom. The molecule has 3 heterocycles. The number of carbonyl (C=O) groups excluding carboxylic acids is 1. The maximum Gasteiger partial charge on any atom is 0.227 e. The normalized spacial score (nSPS) is 18.7. The molecule has 0 radical (unpaired) electrons. The van der Waals surface area contributed by atoms with Gasteiger partial charge in [0.05, 0.1) is 18.2 Å². The predicted molar refractivity (Wildman–Crippen MR) is 72.1 cm³/mol. The van der Waals surface area contributed by atoms with E-state index in [9.17, 15) is 4.79 Å². The minimum atomic E-state index is 0.133. The van der Waals surface area contributed by atoms with Crippen molar-refractivity contribution in [1.29, 1.82) is 0 Å². The van der Waals surface area contributed by atoms with Crippen molar-refractivity contribution in [1.82, 2.24) is 19.8 Å². The third kappa shape index (κ3) is 2.33. The number of likely N-dealkylation sites (tertiary alicyclic amines) is 1. The fraction of sp³-hybridized carbons (Fsp3) is 0.500. The summed E-state index contributed by atoms with van der Waals surface area (Å²) in [4.78, 5) is 14.3. The summed E-state index contributed by atoms with van der Waals surface area (Å²) >= 11 is 0. The van der Waals surface area contributed by atoms with E-state index in [1.807, 2.05) is 35.7 Å². The zero-order chi connectivity index (χ0) is 14.1. The van der Waals surface area contributed by atoms with Gasteiger partial charge < -0.3 is 9.42 Å². The van der Waals surface area contributed by atoms with Gasteiger partial charge in [0.25, 0.3) is 0 Å². The van der Waals surface area contributed by atoms with Crippen LogP contribution >= 0.6 is 0 Å². The Morgan fingerprint density at radius 1 is 1.50 bits per heavy atom. The molecule has 106 valence electrons. The van der Waals surface area contributed by atoms with Gasteiger partial charge in [0.15, 0.2) is 0 Å². The first-order valence-electron chi connectivity index (χ1n) is 6.84. The summed E-state index contributed by atoms with van der Waals surface area (Å²) in [5, 5.41) is 8.14. The van der Waals surface area contributed by atoms with Crippen molar-refractivity contribution >= 4 is 5.91 Å². The van der Waals surface area contributed by atoms with Crippen LogP contribution in [0.5, 0.6) is 0 Å². The molecule has 1 amide bonds. The van der Waals surface area contributed by atoms with E-state index < -0.39 is 0 Å². The molecule has 1 saturated heterocycles. The molecule has 0 spiro atoms. The van der Waals surface area contributed by atoms with Gasteiger partial charge in [-0.05, 0) is 26.3 Å². The highest BCUT2D eigenvalue weighted by atomic mass is 16.5. The summed E-state index contributed by atoms with van der Waals surface area (Å²) in [6.45, 7) is 5.23. The molecule has 3 rings (SSSR count). The highest BCUT2D eigenvalue weighted by molar-refractivity contribution is 5.79. The lowest BCUT2D eigenvalue weighted by Gasteiger charge is -2.16. The van der Waals surface area contributed by atoms with Crippen molar-refractivity contribution in [2.24, 2.45) is 0 Å². The van der Waals surface area contributed by atoms with Crippen LogP contribution in [-0.4, -0.2) is 38.8 Å². The molecule has 0 saturated carbocycles. The molecule has 2 aromatic heterocycles. The molecule has 0 aliphatic carbocycles. The zero-order valence-corrected chi connectivity index (χ0v) is 11.7. The van der Waals surface area contributed by atoms with Crippen molar-refractivity contribution in [2.45, 2.75) is 32.7 Å². The molecule has 2 aromatic rings. The van der Waals surface area contributed by atoms with E-state index in [2.05, 4.69) is 10.3 Å². The fourth-order valence-electron chi connectivity index (χ4n) is 2.70. The SMILES string of the molecule is Cc1noc(C)c1CC(=O)N1CCC(n2cccn2)C1. The van der Waals surface area contributed by atoms with Crippen LogP contribution in [0.25, 0.3) is 0 Å². The van der Waals surface area contributed by atoms with Crippen molar-refractivity contribution in [2.75, 3.05) is 13.1 Å². The van der Waals surface area contributed by atoms with Crippen molar-refractivity contribution in [3.05, 3.63) is 35.5 Å². The first-order valence-corrected chi connectivity index (χ1v) is 6.84. The molecule has 1 unspecified atom stereocenters. The summed E-state index contributed by atoms with van der Waals surface area (Å²) in [7, 11) is 0. The lowest BCUT2D eigenvalue weighted by Crippen LogP contribution is -2.30. The van der Waals surface area contributed by atoms with Gasteiger partial charge in [0.1, 0.15) is 5.76 Å². The average molecular weight is 274 g/mol. The molecule has 0 N–H and O–H groups in total. The van der Waals surface area contributed by atoms with Crippen LogP contribution in [0.15, 0.2) is 23.0 Å². The highest BCUT2D eigenvalue weighted by Gasteiger charge is 2.28. The van der Waals surface area contributed by atoms with Gasteiger partial charge in [-0.3, -0.25) is 9.48 Å². The van der Waals surface area contributed by atoms with Crippen LogP contribution in [0.4, 0.5) is 0 Å². The minimum absolute atomic E-state index is 0.133. The first-order chi connectivity index (χ1) is 9.65. The number of nitrogens with zero attached hydrogens (tertiary/aromatic N) is 4. The number of aryl methyl sites for hydroxylation is 2. The van der Waals surface area contributed by atoms with E-state index in [0.717, 1.165) is 36.5 Å². The lowest BCUT2D eigenvalue weighted by atomic mass is 10.1. The third-order valence-electron chi connectivity index (χ3n) is 3.92. The Labute approximate surface area is 117 Å². The Balaban J connectivity index is 1.65. The monoisotopic (exact) mass is 274 g/mol. The molecular weight excluding hydrogens is 256 g/mol. The quantitative estimate of drug-likeness (QED) is 0.851. The van der Waals surface area contributed by atoms with Crippen LogP contribution in [0.1, 0.15) is 29.5 Å². The molecular formula is C14H18N4O2. The van der Waals surface area contributed by atoms with Gasteiger partial charge in [-0.2, -0.15) is 5.10 Å². The van der Waals surface area contributed by atoms with Gasteiger partial charge in [-0.25, -0.2) is 0 Å². The first kappa shape index (κ1) is 12.9. The van der Waals surface area contributed by atoms with Gasteiger partial charge in [0, 0.05) is 31.0 Å². The average Bonchev–Trinajstić information content (AvgIpc) is 3.14. The topological polar surface area (TPSA) is 64.2 Å². The summed E-state index contributed by atoms with van der Waals surface area (Å²) in [6.07, 6.45) is 5.04. The molecule has 6 heteroatoms. The van der Waals surface area contributed by atoms with E-state index in [4.69, 9.17) is 4.52 Å². The number of carbonyl (C=O) groups is 1. The van der Waals surface area contributed by atoms with E-state index in [0.29, 0.717) is 12.5 Å². The van der Waals surface area contributed by atoms with Crippen LogP contribution < -0.4 is 0 Å². The van der Waals surface area contributed by atoms with Gasteiger partial charge in [-0.15, -0.1) is 0 Å². The smallest absolute Gasteiger partial charge is 0.227 e. The Hall–Kier alpha value is -2.11. The molecule has 1 fully saturated rings. The van der Waals surface area contributed by atoms with Crippen LogP contribution in [0.3, 0.4) is 0 Å². The number of hydrogen-bond donors (Lipinski definition) is 0. The van der Waals surface area contributed by atoms with Gasteiger partial charge in [0.2, 0.25) is 5.91 Å².